The number of hydrogen-bond donors (Lipinski definition) is 0. The molecular weight excluding hydrogens is 127 g/mol. The van der Waals surface area contributed by atoms with Crippen molar-refractivity contribution < 1.29 is 9.31 Å². The van der Waals surface area contributed by atoms with Gasteiger partial charge in [-0.05, 0) is 12.8 Å². The Labute approximate surface area is 63.2 Å². The van der Waals surface area contributed by atoms with Crippen LogP contribution in [0, 0.1) is 0 Å². The zero-order valence-corrected chi connectivity index (χ0v) is 6.51. The molecule has 0 unspecified atom stereocenters. The Morgan fingerprint density at radius 2 is 1.90 bits per heavy atom. The molecule has 1 radical (unpaired) electrons. The van der Waals surface area contributed by atoms with Crippen LogP contribution in [-0.4, -0.2) is 20.9 Å². The van der Waals surface area contributed by atoms with Crippen LogP contribution < -0.4 is 0 Å². The summed E-state index contributed by atoms with van der Waals surface area (Å²) in [4.78, 5) is 0. The van der Waals surface area contributed by atoms with E-state index in [2.05, 4.69) is 0 Å². The first kappa shape index (κ1) is 8.09. The minimum Gasteiger partial charge on any atom is -0.416 e. The van der Waals surface area contributed by atoms with Crippen molar-refractivity contribution in [3.8, 4) is 0 Å². The zero-order valence-electron chi connectivity index (χ0n) is 6.51. The highest BCUT2D eigenvalue weighted by Gasteiger charge is 2.13. The normalized spacial score (nSPS) is 20.9. The monoisotopic (exact) mass is 141 g/mol. The van der Waals surface area contributed by atoms with E-state index in [1.165, 1.54) is 39.8 Å². The Balaban J connectivity index is 2.02. The maximum absolute atomic E-state index is 5.28. The van der Waals surface area contributed by atoms with E-state index in [0.717, 1.165) is 0 Å². The van der Waals surface area contributed by atoms with E-state index < -0.39 is 0 Å². The second-order valence-corrected chi connectivity index (χ2v) is 2.73. The third-order valence-electron chi connectivity index (χ3n) is 1.90. The van der Waals surface area contributed by atoms with Crippen LogP contribution in [0.3, 0.4) is 0 Å². The number of hydrogen-bond acceptors (Lipinski definition) is 2. The Bertz CT molecular complexity index is 81.7. The van der Waals surface area contributed by atoms with E-state index in [0.29, 0.717) is 6.10 Å². The minimum absolute atomic E-state index is 0.425. The van der Waals surface area contributed by atoms with Gasteiger partial charge in [-0.2, -0.15) is 0 Å². The average Bonchev–Trinajstić information content (AvgIpc) is 2.03. The first-order valence-corrected chi connectivity index (χ1v) is 3.93. The van der Waals surface area contributed by atoms with Crippen molar-refractivity contribution >= 4 is 7.69 Å². The summed E-state index contributed by atoms with van der Waals surface area (Å²) < 4.78 is 9.98. The Morgan fingerprint density at radius 1 is 1.20 bits per heavy atom. The third-order valence-corrected chi connectivity index (χ3v) is 1.90. The van der Waals surface area contributed by atoms with Gasteiger partial charge in [0.1, 0.15) is 0 Å². The van der Waals surface area contributed by atoms with Crippen molar-refractivity contribution in [1.29, 1.82) is 0 Å². The molecule has 0 spiro atoms. The van der Waals surface area contributed by atoms with Crippen molar-refractivity contribution in [2.45, 2.75) is 38.2 Å². The van der Waals surface area contributed by atoms with Gasteiger partial charge in [-0.15, -0.1) is 0 Å². The van der Waals surface area contributed by atoms with Crippen LogP contribution in [0.5, 0.6) is 0 Å². The Morgan fingerprint density at radius 3 is 2.50 bits per heavy atom. The van der Waals surface area contributed by atoms with E-state index >= 15 is 0 Å². The molecule has 0 atom stereocenters. The SMILES string of the molecule is CO[B]OC1CCCCC1. The smallest absolute Gasteiger partial charge is 0.416 e. The lowest BCUT2D eigenvalue weighted by molar-refractivity contribution is 0.132. The summed E-state index contributed by atoms with van der Waals surface area (Å²) in [5.41, 5.74) is 0. The molecule has 1 saturated carbocycles. The lowest BCUT2D eigenvalue weighted by Crippen LogP contribution is -2.19. The van der Waals surface area contributed by atoms with Crippen molar-refractivity contribution in [3.05, 3.63) is 0 Å². The van der Waals surface area contributed by atoms with Gasteiger partial charge in [0, 0.05) is 13.2 Å². The Kier molecular flexibility index (Phi) is 3.84. The van der Waals surface area contributed by atoms with Gasteiger partial charge in [0.15, 0.2) is 0 Å². The molecule has 0 aromatic carbocycles. The topological polar surface area (TPSA) is 18.5 Å². The predicted octanol–water partition coefficient (Wildman–Crippen LogP) is 1.52. The number of rotatable bonds is 3. The summed E-state index contributed by atoms with van der Waals surface area (Å²) in [6.45, 7) is 0. The lowest BCUT2D eigenvalue weighted by atomic mass is 9.97. The first-order valence-electron chi connectivity index (χ1n) is 3.93. The van der Waals surface area contributed by atoms with Gasteiger partial charge in [0.2, 0.25) is 0 Å². The van der Waals surface area contributed by atoms with Gasteiger partial charge in [-0.1, -0.05) is 19.3 Å². The molecule has 0 amide bonds. The molecule has 57 valence electrons. The molecule has 1 aliphatic rings. The van der Waals surface area contributed by atoms with E-state index in [4.69, 9.17) is 9.31 Å². The molecule has 0 aromatic rings. The summed E-state index contributed by atoms with van der Waals surface area (Å²) in [6, 6.07) is 0. The molecule has 3 heteroatoms. The van der Waals surface area contributed by atoms with Gasteiger partial charge in [-0.3, -0.25) is 0 Å². The van der Waals surface area contributed by atoms with Gasteiger partial charge >= 0.3 is 7.69 Å². The van der Waals surface area contributed by atoms with Crippen LogP contribution in [0.4, 0.5) is 0 Å². The fraction of sp³-hybridized carbons (Fsp3) is 1.00. The molecular formula is C7H14BO2. The van der Waals surface area contributed by atoms with Crippen molar-refractivity contribution in [2.75, 3.05) is 7.11 Å². The molecule has 0 bridgehead atoms. The molecule has 0 aliphatic heterocycles. The molecule has 0 heterocycles. The van der Waals surface area contributed by atoms with Crippen molar-refractivity contribution in [3.63, 3.8) is 0 Å². The second-order valence-electron chi connectivity index (χ2n) is 2.73. The third kappa shape index (κ3) is 2.71. The van der Waals surface area contributed by atoms with Gasteiger partial charge in [0.05, 0.1) is 0 Å². The van der Waals surface area contributed by atoms with Crippen LogP contribution in [0.1, 0.15) is 32.1 Å². The van der Waals surface area contributed by atoms with E-state index in [1.54, 1.807) is 7.11 Å². The van der Waals surface area contributed by atoms with E-state index in [1.807, 2.05) is 0 Å². The molecule has 10 heavy (non-hydrogen) atoms. The summed E-state index contributed by atoms with van der Waals surface area (Å²) in [5, 5.41) is 0. The summed E-state index contributed by atoms with van der Waals surface area (Å²) in [5.74, 6) is 0. The average molecular weight is 141 g/mol. The highest BCUT2D eigenvalue weighted by molar-refractivity contribution is 6.17. The van der Waals surface area contributed by atoms with E-state index in [9.17, 15) is 0 Å². The molecule has 1 rings (SSSR count). The highest BCUT2D eigenvalue weighted by Crippen LogP contribution is 2.19. The Hall–Kier alpha value is -0.0151. The van der Waals surface area contributed by atoms with Crippen molar-refractivity contribution in [1.82, 2.24) is 0 Å². The lowest BCUT2D eigenvalue weighted by Gasteiger charge is -2.20. The van der Waals surface area contributed by atoms with Crippen LogP contribution >= 0.6 is 0 Å². The van der Waals surface area contributed by atoms with E-state index in [-0.39, 0.29) is 0 Å². The fourth-order valence-corrected chi connectivity index (χ4v) is 1.34. The molecule has 0 saturated heterocycles. The van der Waals surface area contributed by atoms with Crippen LogP contribution in [0.15, 0.2) is 0 Å². The molecule has 0 aromatic heterocycles. The van der Waals surface area contributed by atoms with Gasteiger partial charge < -0.3 is 9.31 Å². The first-order chi connectivity index (χ1) is 4.93. The van der Waals surface area contributed by atoms with Crippen LogP contribution in [-0.2, 0) is 9.31 Å². The predicted molar refractivity (Wildman–Crippen MR) is 40.7 cm³/mol. The van der Waals surface area contributed by atoms with Crippen molar-refractivity contribution in [2.24, 2.45) is 0 Å². The highest BCUT2D eigenvalue weighted by atomic mass is 16.6. The second kappa shape index (κ2) is 4.75. The van der Waals surface area contributed by atoms with Gasteiger partial charge in [-0.25, -0.2) is 0 Å². The summed E-state index contributed by atoms with van der Waals surface area (Å²) in [7, 11) is 3.05. The molecule has 2 nitrogen and oxygen atoms in total. The zero-order chi connectivity index (χ0) is 7.23. The van der Waals surface area contributed by atoms with Crippen LogP contribution in [0.25, 0.3) is 0 Å². The summed E-state index contributed by atoms with van der Waals surface area (Å²) in [6.07, 6.45) is 6.80. The maximum Gasteiger partial charge on any atom is 0.487 e. The van der Waals surface area contributed by atoms with Crippen LogP contribution in [0.2, 0.25) is 0 Å². The van der Waals surface area contributed by atoms with Gasteiger partial charge in [0.25, 0.3) is 0 Å². The molecule has 1 aliphatic carbocycles. The quantitative estimate of drug-likeness (QED) is 0.554. The molecule has 0 N–H and O–H groups in total. The minimum atomic E-state index is 0.425. The molecule has 1 fully saturated rings. The maximum atomic E-state index is 5.28. The fourth-order valence-electron chi connectivity index (χ4n) is 1.34. The standard InChI is InChI=1S/C7H14BO2/c1-9-8-10-7-5-3-2-4-6-7/h7H,2-6H2,1H3. The summed E-state index contributed by atoms with van der Waals surface area (Å²) >= 11 is 0. The largest absolute Gasteiger partial charge is 0.487 e.